The number of hydrogen-bond acceptors (Lipinski definition) is 2. The van der Waals surface area contributed by atoms with Crippen molar-refractivity contribution < 1.29 is 0 Å². The van der Waals surface area contributed by atoms with Gasteiger partial charge in [0.15, 0.2) is 0 Å². The average molecular weight is 461 g/mol. The van der Waals surface area contributed by atoms with E-state index in [9.17, 15) is 0 Å². The van der Waals surface area contributed by atoms with Crippen molar-refractivity contribution in [2.75, 3.05) is 0 Å². The number of aromatic nitrogens is 3. The molecule has 0 saturated heterocycles. The molecule has 2 aromatic carbocycles. The zero-order valence-corrected chi connectivity index (χ0v) is 21.3. The highest BCUT2D eigenvalue weighted by Gasteiger charge is 2.39. The van der Waals surface area contributed by atoms with Gasteiger partial charge < -0.3 is 0 Å². The molecule has 0 aliphatic heterocycles. The molecule has 1 N–H and O–H groups in total. The van der Waals surface area contributed by atoms with Crippen LogP contribution >= 0.6 is 0 Å². The van der Waals surface area contributed by atoms with Crippen molar-refractivity contribution in [3.63, 3.8) is 0 Å². The molecular formula is C32H34N3. The predicted octanol–water partition coefficient (Wildman–Crippen LogP) is 8.07. The van der Waals surface area contributed by atoms with Crippen LogP contribution in [0.15, 0.2) is 66.9 Å². The second-order valence-electron chi connectivity index (χ2n) is 11.5. The van der Waals surface area contributed by atoms with Gasteiger partial charge in [0.25, 0.3) is 0 Å². The van der Waals surface area contributed by atoms with Crippen molar-refractivity contribution in [3.05, 3.63) is 89.6 Å². The van der Waals surface area contributed by atoms with Crippen LogP contribution in [0.4, 0.5) is 0 Å². The average Bonchev–Trinajstić information content (AvgIpc) is 3.33. The lowest BCUT2D eigenvalue weighted by Gasteiger charge is -2.44. The SMILES string of the molecule is C[C](C)CC1(c2ccc(-c3nc4c(cc3-c3ccccc3)-c3n[nH]cc3C(C)(C)C4)cc2)CCC1. The van der Waals surface area contributed by atoms with Gasteiger partial charge in [-0.3, -0.25) is 10.1 Å². The lowest BCUT2D eigenvalue weighted by molar-refractivity contribution is 0.232. The van der Waals surface area contributed by atoms with Crippen LogP contribution in [0, 0.1) is 5.92 Å². The van der Waals surface area contributed by atoms with E-state index in [2.05, 4.69) is 105 Å². The Bertz CT molecular complexity index is 1360. The molecule has 0 atom stereocenters. The summed E-state index contributed by atoms with van der Waals surface area (Å²) in [6.07, 6.45) is 8.09. The molecule has 0 bridgehead atoms. The summed E-state index contributed by atoms with van der Waals surface area (Å²) in [4.78, 5) is 5.35. The standard InChI is InChI=1S/C32H34N3/c1-21(2)18-32(15-8-16-32)24-13-11-23(12-14-24)29-25(22-9-6-5-7-10-22)17-26-28(34-29)19-31(3,4)27-20-33-35-30(26)27/h5-7,9-14,17,20H,8,15-16,18-19H2,1-4H3,(H,33,35). The molecule has 4 aromatic rings. The zero-order valence-electron chi connectivity index (χ0n) is 21.3. The van der Waals surface area contributed by atoms with Gasteiger partial charge in [-0.15, -0.1) is 0 Å². The highest BCUT2D eigenvalue weighted by Crippen LogP contribution is 2.49. The summed E-state index contributed by atoms with van der Waals surface area (Å²) in [5.41, 5.74) is 11.0. The summed E-state index contributed by atoms with van der Waals surface area (Å²) in [6.45, 7) is 9.11. The number of aromatic amines is 1. The van der Waals surface area contributed by atoms with Crippen LogP contribution in [-0.2, 0) is 17.3 Å². The Morgan fingerprint density at radius 1 is 0.886 bits per heavy atom. The Morgan fingerprint density at radius 2 is 1.63 bits per heavy atom. The van der Waals surface area contributed by atoms with E-state index < -0.39 is 0 Å². The predicted molar refractivity (Wildman–Crippen MR) is 144 cm³/mol. The van der Waals surface area contributed by atoms with Gasteiger partial charge in [0.1, 0.15) is 0 Å². The lowest BCUT2D eigenvalue weighted by atomic mass is 9.61. The van der Waals surface area contributed by atoms with E-state index in [0.29, 0.717) is 5.41 Å². The van der Waals surface area contributed by atoms with Crippen LogP contribution < -0.4 is 0 Å². The van der Waals surface area contributed by atoms with Gasteiger partial charge >= 0.3 is 0 Å². The van der Waals surface area contributed by atoms with Crippen molar-refractivity contribution in [3.8, 4) is 33.6 Å². The van der Waals surface area contributed by atoms with E-state index >= 15 is 0 Å². The molecule has 2 aromatic heterocycles. The van der Waals surface area contributed by atoms with Crippen LogP contribution in [0.3, 0.4) is 0 Å². The Labute approximate surface area is 209 Å². The molecule has 0 amide bonds. The van der Waals surface area contributed by atoms with Crippen molar-refractivity contribution in [1.29, 1.82) is 0 Å². The van der Waals surface area contributed by atoms with Crippen LogP contribution in [0.5, 0.6) is 0 Å². The third-order valence-corrected chi connectivity index (χ3v) is 8.19. The van der Waals surface area contributed by atoms with Crippen molar-refractivity contribution in [2.45, 2.75) is 70.6 Å². The summed E-state index contributed by atoms with van der Waals surface area (Å²) in [5.74, 6) is 1.52. The fourth-order valence-electron chi connectivity index (χ4n) is 6.30. The highest BCUT2D eigenvalue weighted by molar-refractivity contribution is 5.86. The van der Waals surface area contributed by atoms with Crippen LogP contribution in [0.25, 0.3) is 33.6 Å². The maximum absolute atomic E-state index is 5.35. The molecule has 0 unspecified atom stereocenters. The number of nitrogens with zero attached hydrogens (tertiary/aromatic N) is 2. The summed E-state index contributed by atoms with van der Waals surface area (Å²) >= 11 is 0. The van der Waals surface area contributed by atoms with Gasteiger partial charge in [-0.1, -0.05) is 88.7 Å². The van der Waals surface area contributed by atoms with E-state index in [1.807, 2.05) is 0 Å². The summed E-state index contributed by atoms with van der Waals surface area (Å²) in [5, 5.41) is 7.75. The molecule has 6 rings (SSSR count). The lowest BCUT2D eigenvalue weighted by Crippen LogP contribution is -2.35. The molecule has 2 aliphatic carbocycles. The minimum atomic E-state index is 0.00282. The van der Waals surface area contributed by atoms with E-state index in [0.717, 1.165) is 29.1 Å². The molecule has 1 fully saturated rings. The molecule has 1 radical (unpaired) electrons. The Morgan fingerprint density at radius 3 is 2.29 bits per heavy atom. The Balaban J connectivity index is 1.48. The van der Waals surface area contributed by atoms with Gasteiger partial charge in [0.05, 0.1) is 17.1 Å². The number of hydrogen-bond donors (Lipinski definition) is 1. The molecule has 177 valence electrons. The van der Waals surface area contributed by atoms with Crippen LogP contribution in [-0.4, -0.2) is 15.2 Å². The number of benzene rings is 2. The number of pyridine rings is 1. The van der Waals surface area contributed by atoms with Crippen LogP contribution in [0.1, 0.15) is 70.2 Å². The van der Waals surface area contributed by atoms with E-state index in [-0.39, 0.29) is 5.41 Å². The first-order valence-electron chi connectivity index (χ1n) is 12.9. The number of nitrogens with one attached hydrogen (secondary N) is 1. The first-order chi connectivity index (χ1) is 16.9. The van der Waals surface area contributed by atoms with Gasteiger partial charge in [-0.05, 0) is 59.6 Å². The maximum atomic E-state index is 5.35. The number of H-pyrrole nitrogens is 1. The third-order valence-electron chi connectivity index (χ3n) is 8.19. The summed E-state index contributed by atoms with van der Waals surface area (Å²) in [7, 11) is 0. The molecule has 35 heavy (non-hydrogen) atoms. The third kappa shape index (κ3) is 3.73. The second-order valence-corrected chi connectivity index (χ2v) is 11.5. The second kappa shape index (κ2) is 8.19. The van der Waals surface area contributed by atoms with Crippen LogP contribution in [0.2, 0.25) is 0 Å². The van der Waals surface area contributed by atoms with E-state index in [4.69, 9.17) is 4.98 Å². The minimum absolute atomic E-state index is 0.00282. The van der Waals surface area contributed by atoms with Gasteiger partial charge in [-0.2, -0.15) is 5.10 Å². The highest BCUT2D eigenvalue weighted by atomic mass is 15.1. The molecule has 3 heteroatoms. The first kappa shape index (κ1) is 22.3. The fourth-order valence-corrected chi connectivity index (χ4v) is 6.30. The summed E-state index contributed by atoms with van der Waals surface area (Å²) in [6, 6.07) is 22.3. The Kier molecular flexibility index (Phi) is 5.21. The molecule has 2 heterocycles. The molecule has 3 nitrogen and oxygen atoms in total. The smallest absolute Gasteiger partial charge is 0.0976 e. The van der Waals surface area contributed by atoms with Gasteiger partial charge in [-0.25, -0.2) is 0 Å². The number of fused-ring (bicyclic) bond motifs is 3. The maximum Gasteiger partial charge on any atom is 0.0976 e. The van der Waals surface area contributed by atoms with Gasteiger partial charge in [0, 0.05) is 28.5 Å². The van der Waals surface area contributed by atoms with E-state index in [1.54, 1.807) is 0 Å². The molecule has 0 spiro atoms. The minimum Gasteiger partial charge on any atom is -0.285 e. The largest absolute Gasteiger partial charge is 0.285 e. The fraction of sp³-hybridized carbons (Fsp3) is 0.344. The first-order valence-corrected chi connectivity index (χ1v) is 12.9. The Hall–Kier alpha value is -3.20. The van der Waals surface area contributed by atoms with Crippen molar-refractivity contribution >= 4 is 0 Å². The molecule has 2 aliphatic rings. The molecule has 1 saturated carbocycles. The van der Waals surface area contributed by atoms with Gasteiger partial charge in [0.2, 0.25) is 0 Å². The quantitative estimate of drug-likeness (QED) is 0.327. The zero-order chi connectivity index (χ0) is 24.2. The topological polar surface area (TPSA) is 41.6 Å². The summed E-state index contributed by atoms with van der Waals surface area (Å²) < 4.78 is 0. The normalized spacial score (nSPS) is 17.5. The van der Waals surface area contributed by atoms with Crippen molar-refractivity contribution in [2.24, 2.45) is 0 Å². The monoisotopic (exact) mass is 460 g/mol. The number of rotatable bonds is 5. The van der Waals surface area contributed by atoms with Crippen molar-refractivity contribution in [1.82, 2.24) is 15.2 Å². The molecular weight excluding hydrogens is 426 g/mol. The van der Waals surface area contributed by atoms with E-state index in [1.165, 1.54) is 59.4 Å².